The van der Waals surface area contributed by atoms with Gasteiger partial charge in [0.1, 0.15) is 0 Å². The van der Waals surface area contributed by atoms with E-state index in [-0.39, 0.29) is 18.6 Å². The summed E-state index contributed by atoms with van der Waals surface area (Å²) in [5, 5.41) is 11.5. The summed E-state index contributed by atoms with van der Waals surface area (Å²) in [6, 6.07) is -0.0425. The summed E-state index contributed by atoms with van der Waals surface area (Å²) in [6.07, 6.45) is 0.926. The van der Waals surface area contributed by atoms with E-state index in [0.717, 1.165) is 0 Å². The molecule has 0 aliphatic heterocycles. The molecule has 0 amide bonds. The quantitative estimate of drug-likeness (QED) is 0.448. The maximum atomic E-state index is 10.6. The van der Waals surface area contributed by atoms with Crippen molar-refractivity contribution in [3.8, 4) is 0 Å². The number of carbonyl (C=O) groups excluding carboxylic acids is 1. The van der Waals surface area contributed by atoms with Gasteiger partial charge in [-0.1, -0.05) is 9.39 Å². The lowest BCUT2D eigenvalue weighted by Crippen LogP contribution is -2.25. The molecule has 11 heavy (non-hydrogen) atoms. The molecule has 0 rings (SSSR count). The van der Waals surface area contributed by atoms with Crippen LogP contribution in [0.15, 0.2) is 0 Å². The van der Waals surface area contributed by atoms with Crippen molar-refractivity contribution in [1.29, 1.82) is 0 Å². The van der Waals surface area contributed by atoms with Crippen molar-refractivity contribution in [2.75, 3.05) is 13.7 Å². The fourth-order valence-corrected chi connectivity index (χ4v) is 0.894. The van der Waals surface area contributed by atoms with E-state index in [4.69, 9.17) is 5.11 Å². The number of carbonyl (C=O) groups is 1. The summed E-state index contributed by atoms with van der Waals surface area (Å²) in [4.78, 5) is 10.6. The van der Waals surface area contributed by atoms with Gasteiger partial charge in [0.2, 0.25) is 0 Å². The topological polar surface area (TPSA) is 58.6 Å². The number of methoxy groups -OCH3 is 1. The molecule has 66 valence electrons. The maximum Gasteiger partial charge on any atom is 0.305 e. The van der Waals surface area contributed by atoms with Crippen molar-refractivity contribution in [1.82, 2.24) is 5.09 Å². The molecule has 0 aliphatic carbocycles. The van der Waals surface area contributed by atoms with Crippen molar-refractivity contribution in [2.45, 2.75) is 18.9 Å². The Balaban J connectivity index is 3.42. The number of rotatable bonds is 5. The molecular formula is C6H14NO3P. The molecule has 0 saturated heterocycles. The molecular weight excluding hydrogens is 165 g/mol. The van der Waals surface area contributed by atoms with E-state index in [0.29, 0.717) is 12.8 Å². The highest BCUT2D eigenvalue weighted by Crippen LogP contribution is 1.99. The van der Waals surface area contributed by atoms with Gasteiger partial charge in [-0.3, -0.25) is 9.88 Å². The highest BCUT2D eigenvalue weighted by atomic mass is 31.0. The van der Waals surface area contributed by atoms with Crippen LogP contribution in [-0.2, 0) is 9.53 Å². The minimum Gasteiger partial charge on any atom is -0.469 e. The third-order valence-electron chi connectivity index (χ3n) is 1.38. The largest absolute Gasteiger partial charge is 0.469 e. The van der Waals surface area contributed by atoms with Crippen molar-refractivity contribution >= 4 is 15.4 Å². The highest BCUT2D eigenvalue weighted by Gasteiger charge is 2.07. The molecule has 2 N–H and O–H groups in total. The van der Waals surface area contributed by atoms with Crippen LogP contribution >= 0.6 is 9.39 Å². The van der Waals surface area contributed by atoms with Crippen LogP contribution in [0.2, 0.25) is 0 Å². The summed E-state index contributed by atoms with van der Waals surface area (Å²) in [5.41, 5.74) is 0. The van der Waals surface area contributed by atoms with E-state index in [9.17, 15) is 4.79 Å². The molecule has 0 aliphatic rings. The smallest absolute Gasteiger partial charge is 0.305 e. The zero-order valence-electron chi connectivity index (χ0n) is 6.54. The standard InChI is InChI=1S/C6H14NO3P/c1-10-6(9)3-2-5(4-8)7-11/h5,7-8H,2-4,11H2,1H3/t5-/m0/s1. The van der Waals surface area contributed by atoms with Crippen LogP contribution in [0.5, 0.6) is 0 Å². The second-order valence-corrected chi connectivity index (χ2v) is 2.49. The zero-order valence-corrected chi connectivity index (χ0v) is 7.69. The minimum absolute atomic E-state index is 0.0283. The second kappa shape index (κ2) is 6.53. The SMILES string of the molecule is COC(=O)CC[C@@H](CO)NP. The van der Waals surface area contributed by atoms with Gasteiger partial charge in [-0.15, -0.1) is 0 Å². The van der Waals surface area contributed by atoms with Gasteiger partial charge in [-0.05, 0) is 6.42 Å². The van der Waals surface area contributed by atoms with Gasteiger partial charge in [0.25, 0.3) is 0 Å². The average molecular weight is 179 g/mol. The molecule has 5 heteroatoms. The molecule has 0 radical (unpaired) electrons. The van der Waals surface area contributed by atoms with Crippen molar-refractivity contribution in [3.63, 3.8) is 0 Å². The first-order valence-corrected chi connectivity index (χ1v) is 3.96. The second-order valence-electron chi connectivity index (χ2n) is 2.16. The fraction of sp³-hybridized carbons (Fsp3) is 0.833. The van der Waals surface area contributed by atoms with E-state index in [1.54, 1.807) is 0 Å². The number of nitrogens with one attached hydrogen (secondary N) is 1. The molecule has 0 bridgehead atoms. The predicted octanol–water partition coefficient (Wildman–Crippen LogP) is -0.320. The van der Waals surface area contributed by atoms with Crippen LogP contribution in [0.1, 0.15) is 12.8 Å². The number of esters is 1. The number of aliphatic hydroxyl groups excluding tert-OH is 1. The lowest BCUT2D eigenvalue weighted by atomic mass is 10.2. The molecule has 0 aromatic rings. The number of hydrogen-bond donors (Lipinski definition) is 2. The summed E-state index contributed by atoms with van der Waals surface area (Å²) >= 11 is 0. The molecule has 2 atom stereocenters. The number of hydrogen-bond acceptors (Lipinski definition) is 4. The average Bonchev–Trinajstić information content (AvgIpc) is 2.06. The predicted molar refractivity (Wildman–Crippen MR) is 45.0 cm³/mol. The van der Waals surface area contributed by atoms with Crippen LogP contribution in [0.25, 0.3) is 0 Å². The number of ether oxygens (including phenoxy) is 1. The Hall–Kier alpha value is -0.180. The van der Waals surface area contributed by atoms with Gasteiger partial charge in [-0.2, -0.15) is 0 Å². The maximum absolute atomic E-state index is 10.6. The van der Waals surface area contributed by atoms with Gasteiger partial charge >= 0.3 is 5.97 Å². The Morgan fingerprint density at radius 1 is 1.82 bits per heavy atom. The number of aliphatic hydroxyl groups is 1. The summed E-state index contributed by atoms with van der Waals surface area (Å²) in [7, 11) is 3.65. The molecule has 0 aromatic carbocycles. The van der Waals surface area contributed by atoms with E-state index in [2.05, 4.69) is 19.2 Å². The van der Waals surface area contributed by atoms with E-state index in [1.165, 1.54) is 7.11 Å². The lowest BCUT2D eigenvalue weighted by molar-refractivity contribution is -0.140. The van der Waals surface area contributed by atoms with Gasteiger partial charge in [-0.25, -0.2) is 0 Å². The first-order valence-electron chi connectivity index (χ1n) is 3.38. The molecule has 0 spiro atoms. The summed E-state index contributed by atoms with van der Waals surface area (Å²) in [5.74, 6) is -0.247. The van der Waals surface area contributed by atoms with Crippen molar-refractivity contribution < 1.29 is 14.6 Å². The molecule has 0 fully saturated rings. The molecule has 1 unspecified atom stereocenters. The molecule has 0 aromatic heterocycles. The molecule has 0 heterocycles. The fourth-order valence-electron chi connectivity index (χ4n) is 0.621. The van der Waals surface area contributed by atoms with Crippen LogP contribution in [0.4, 0.5) is 0 Å². The first kappa shape index (κ1) is 10.8. The minimum atomic E-state index is -0.247. The van der Waals surface area contributed by atoms with E-state index < -0.39 is 0 Å². The van der Waals surface area contributed by atoms with Gasteiger partial charge in [0.05, 0.1) is 13.7 Å². The van der Waals surface area contributed by atoms with Crippen LogP contribution < -0.4 is 5.09 Å². The Morgan fingerprint density at radius 3 is 2.82 bits per heavy atom. The van der Waals surface area contributed by atoms with Gasteiger partial charge in [0.15, 0.2) is 0 Å². The Kier molecular flexibility index (Phi) is 6.42. The Morgan fingerprint density at radius 2 is 2.45 bits per heavy atom. The monoisotopic (exact) mass is 179 g/mol. The van der Waals surface area contributed by atoms with Crippen molar-refractivity contribution in [2.24, 2.45) is 0 Å². The van der Waals surface area contributed by atoms with Crippen molar-refractivity contribution in [3.05, 3.63) is 0 Å². The van der Waals surface area contributed by atoms with E-state index >= 15 is 0 Å². The van der Waals surface area contributed by atoms with Crippen LogP contribution in [-0.4, -0.2) is 30.8 Å². The lowest BCUT2D eigenvalue weighted by Gasteiger charge is -2.10. The summed E-state index contributed by atoms with van der Waals surface area (Å²) < 4.78 is 4.43. The Labute approximate surface area is 68.6 Å². The first-order chi connectivity index (χ1) is 5.24. The third kappa shape index (κ3) is 5.13. The van der Waals surface area contributed by atoms with E-state index in [1.807, 2.05) is 0 Å². The summed E-state index contributed by atoms with van der Waals surface area (Å²) in [6.45, 7) is 0.0283. The Bertz CT molecular complexity index is 116. The zero-order chi connectivity index (χ0) is 8.69. The highest BCUT2D eigenvalue weighted by molar-refractivity contribution is 7.13. The molecule has 0 saturated carbocycles. The third-order valence-corrected chi connectivity index (χ3v) is 1.85. The van der Waals surface area contributed by atoms with Crippen LogP contribution in [0, 0.1) is 0 Å². The molecule has 4 nitrogen and oxygen atoms in total. The normalized spacial score (nSPS) is 12.6. The van der Waals surface area contributed by atoms with Crippen LogP contribution in [0.3, 0.4) is 0 Å². The van der Waals surface area contributed by atoms with Gasteiger partial charge < -0.3 is 9.84 Å². The van der Waals surface area contributed by atoms with Gasteiger partial charge in [0, 0.05) is 12.5 Å².